The van der Waals surface area contributed by atoms with Crippen molar-refractivity contribution in [3.8, 4) is 16.9 Å². The highest BCUT2D eigenvalue weighted by molar-refractivity contribution is 5.66. The zero-order chi connectivity index (χ0) is 21.0. The van der Waals surface area contributed by atoms with E-state index in [0.717, 1.165) is 38.5 Å². The average molecular weight is 408 g/mol. The highest BCUT2D eigenvalue weighted by Crippen LogP contribution is 2.40. The molecule has 0 saturated heterocycles. The second-order valence-corrected chi connectivity index (χ2v) is 7.90. The van der Waals surface area contributed by atoms with Gasteiger partial charge in [-0.05, 0) is 61.6 Å². The van der Waals surface area contributed by atoms with E-state index in [9.17, 15) is 17.6 Å². The molecule has 3 rings (SSSR count). The normalized spacial score (nSPS) is 19.4. The molecular formula is C24H28F4O. The fourth-order valence-corrected chi connectivity index (χ4v) is 4.15. The van der Waals surface area contributed by atoms with E-state index >= 15 is 0 Å². The Hall–Kier alpha value is -2.04. The summed E-state index contributed by atoms with van der Waals surface area (Å²) in [6.07, 6.45) is 6.32. The summed E-state index contributed by atoms with van der Waals surface area (Å²) in [5, 5.41) is 0. The van der Waals surface area contributed by atoms with Crippen molar-refractivity contribution < 1.29 is 22.3 Å². The number of ether oxygens (including phenoxy) is 1. The Labute approximate surface area is 170 Å². The van der Waals surface area contributed by atoms with Crippen LogP contribution in [0.3, 0.4) is 0 Å². The molecule has 0 spiro atoms. The SMILES string of the molecule is CCCCOc1ccc(-c2ccc(C3CCC(CC)CC3)c(F)c2F)c(F)c1F. The Morgan fingerprint density at radius 3 is 2.03 bits per heavy atom. The maximum absolute atomic E-state index is 14.8. The van der Waals surface area contributed by atoms with E-state index in [1.54, 1.807) is 0 Å². The second-order valence-electron chi connectivity index (χ2n) is 7.90. The molecule has 158 valence electrons. The predicted molar refractivity (Wildman–Crippen MR) is 107 cm³/mol. The highest BCUT2D eigenvalue weighted by Gasteiger charge is 2.27. The van der Waals surface area contributed by atoms with Crippen LogP contribution in [0.15, 0.2) is 24.3 Å². The summed E-state index contributed by atoms with van der Waals surface area (Å²) in [6.45, 7) is 4.37. The summed E-state index contributed by atoms with van der Waals surface area (Å²) in [5.41, 5.74) is -0.241. The van der Waals surface area contributed by atoms with E-state index in [1.165, 1.54) is 24.3 Å². The van der Waals surface area contributed by atoms with E-state index in [4.69, 9.17) is 4.74 Å². The number of hydrogen-bond donors (Lipinski definition) is 0. The van der Waals surface area contributed by atoms with Gasteiger partial charge in [0, 0.05) is 11.1 Å². The Kier molecular flexibility index (Phi) is 7.20. The first-order valence-electron chi connectivity index (χ1n) is 10.6. The lowest BCUT2D eigenvalue weighted by Crippen LogP contribution is -2.14. The Morgan fingerprint density at radius 2 is 1.41 bits per heavy atom. The van der Waals surface area contributed by atoms with Crippen LogP contribution in [0.4, 0.5) is 17.6 Å². The van der Waals surface area contributed by atoms with Crippen molar-refractivity contribution in [3.05, 3.63) is 53.1 Å². The molecule has 0 atom stereocenters. The summed E-state index contributed by atoms with van der Waals surface area (Å²) in [6, 6.07) is 5.38. The van der Waals surface area contributed by atoms with Crippen LogP contribution in [0.2, 0.25) is 0 Å². The monoisotopic (exact) mass is 408 g/mol. The standard InChI is InChI=1S/C24H28F4O/c1-3-5-14-29-20-13-12-19(23(27)24(20)28)18-11-10-17(21(25)22(18)26)16-8-6-15(4-2)7-9-16/h10-13,15-16H,3-9,14H2,1-2H3. The molecule has 0 bridgehead atoms. The lowest BCUT2D eigenvalue weighted by Gasteiger charge is -2.28. The quantitative estimate of drug-likeness (QED) is 0.336. The Balaban J connectivity index is 1.86. The molecule has 1 aliphatic carbocycles. The molecule has 1 fully saturated rings. The van der Waals surface area contributed by atoms with E-state index in [-0.39, 0.29) is 29.4 Å². The molecule has 0 aliphatic heterocycles. The van der Waals surface area contributed by atoms with Crippen molar-refractivity contribution in [2.24, 2.45) is 5.92 Å². The van der Waals surface area contributed by atoms with Crippen LogP contribution in [-0.4, -0.2) is 6.61 Å². The molecule has 0 unspecified atom stereocenters. The molecule has 5 heteroatoms. The third-order valence-electron chi connectivity index (χ3n) is 6.07. The first-order valence-corrected chi connectivity index (χ1v) is 10.6. The highest BCUT2D eigenvalue weighted by atomic mass is 19.2. The van der Waals surface area contributed by atoms with Gasteiger partial charge in [-0.1, -0.05) is 38.8 Å². The minimum Gasteiger partial charge on any atom is -0.490 e. The van der Waals surface area contributed by atoms with E-state index in [2.05, 4.69) is 6.92 Å². The van der Waals surface area contributed by atoms with Gasteiger partial charge in [0.15, 0.2) is 23.2 Å². The van der Waals surface area contributed by atoms with Gasteiger partial charge in [-0.15, -0.1) is 0 Å². The second kappa shape index (κ2) is 9.64. The molecule has 0 radical (unpaired) electrons. The lowest BCUT2D eigenvalue weighted by molar-refractivity contribution is 0.289. The van der Waals surface area contributed by atoms with Crippen LogP contribution < -0.4 is 4.74 Å². The molecule has 1 aliphatic rings. The molecule has 0 N–H and O–H groups in total. The van der Waals surface area contributed by atoms with Crippen LogP contribution in [-0.2, 0) is 0 Å². The smallest absolute Gasteiger partial charge is 0.201 e. The van der Waals surface area contributed by atoms with Crippen LogP contribution in [0.1, 0.15) is 70.3 Å². The van der Waals surface area contributed by atoms with Crippen molar-refractivity contribution >= 4 is 0 Å². The van der Waals surface area contributed by atoms with Gasteiger partial charge < -0.3 is 4.74 Å². The summed E-state index contributed by atoms with van der Waals surface area (Å²) in [4.78, 5) is 0. The van der Waals surface area contributed by atoms with Crippen molar-refractivity contribution in [1.29, 1.82) is 0 Å². The first-order chi connectivity index (χ1) is 14.0. The molecule has 1 saturated carbocycles. The van der Waals surface area contributed by atoms with Gasteiger partial charge in [0.2, 0.25) is 5.82 Å². The topological polar surface area (TPSA) is 9.23 Å². The predicted octanol–water partition coefficient (Wildman–Crippen LogP) is 7.77. The fraction of sp³-hybridized carbons (Fsp3) is 0.500. The van der Waals surface area contributed by atoms with Crippen LogP contribution in [0, 0.1) is 29.2 Å². The van der Waals surface area contributed by atoms with Gasteiger partial charge in [-0.3, -0.25) is 0 Å². The molecular weight excluding hydrogens is 380 g/mol. The lowest BCUT2D eigenvalue weighted by atomic mass is 9.77. The van der Waals surface area contributed by atoms with Gasteiger partial charge in [0.1, 0.15) is 0 Å². The molecule has 2 aromatic rings. The van der Waals surface area contributed by atoms with E-state index < -0.39 is 23.3 Å². The Bertz CT molecular complexity index is 841. The van der Waals surface area contributed by atoms with Crippen molar-refractivity contribution in [1.82, 2.24) is 0 Å². The van der Waals surface area contributed by atoms with Gasteiger partial charge in [0.05, 0.1) is 6.61 Å². The number of benzene rings is 2. The molecule has 2 aromatic carbocycles. The molecule has 0 aromatic heterocycles. The fourth-order valence-electron chi connectivity index (χ4n) is 4.15. The maximum Gasteiger partial charge on any atom is 0.201 e. The summed E-state index contributed by atoms with van der Waals surface area (Å²) in [5.74, 6) is -4.09. The van der Waals surface area contributed by atoms with Crippen LogP contribution in [0.5, 0.6) is 5.75 Å². The van der Waals surface area contributed by atoms with Crippen molar-refractivity contribution in [2.45, 2.75) is 64.7 Å². The maximum atomic E-state index is 14.8. The summed E-state index contributed by atoms with van der Waals surface area (Å²) in [7, 11) is 0. The Morgan fingerprint density at radius 1 is 0.793 bits per heavy atom. The zero-order valence-corrected chi connectivity index (χ0v) is 17.0. The van der Waals surface area contributed by atoms with E-state index in [0.29, 0.717) is 17.9 Å². The number of unbranched alkanes of at least 4 members (excludes halogenated alkanes) is 1. The number of hydrogen-bond acceptors (Lipinski definition) is 1. The molecule has 0 heterocycles. The largest absolute Gasteiger partial charge is 0.490 e. The van der Waals surface area contributed by atoms with Crippen LogP contribution in [0.25, 0.3) is 11.1 Å². The number of halogens is 4. The summed E-state index contributed by atoms with van der Waals surface area (Å²) >= 11 is 0. The van der Waals surface area contributed by atoms with Crippen molar-refractivity contribution in [2.75, 3.05) is 6.61 Å². The molecule has 0 amide bonds. The van der Waals surface area contributed by atoms with Crippen molar-refractivity contribution in [3.63, 3.8) is 0 Å². The van der Waals surface area contributed by atoms with E-state index in [1.807, 2.05) is 6.92 Å². The average Bonchev–Trinajstić information content (AvgIpc) is 2.74. The van der Waals surface area contributed by atoms with Crippen LogP contribution >= 0.6 is 0 Å². The summed E-state index contributed by atoms with van der Waals surface area (Å²) < 4.78 is 63.8. The minimum atomic E-state index is -1.23. The van der Waals surface area contributed by atoms with Gasteiger partial charge >= 0.3 is 0 Å². The van der Waals surface area contributed by atoms with Gasteiger partial charge in [-0.25, -0.2) is 13.2 Å². The third kappa shape index (κ3) is 4.59. The molecule has 1 nitrogen and oxygen atoms in total. The number of rotatable bonds is 7. The zero-order valence-electron chi connectivity index (χ0n) is 17.0. The van der Waals surface area contributed by atoms with Gasteiger partial charge in [0.25, 0.3) is 0 Å². The molecule has 29 heavy (non-hydrogen) atoms. The third-order valence-corrected chi connectivity index (χ3v) is 6.07. The first kappa shape index (κ1) is 21.7. The minimum absolute atomic E-state index is 0.0303. The van der Waals surface area contributed by atoms with Gasteiger partial charge in [-0.2, -0.15) is 4.39 Å².